The highest BCUT2D eigenvalue weighted by atomic mass is 32.2. The first-order chi connectivity index (χ1) is 10.5. The predicted molar refractivity (Wildman–Crippen MR) is 78.7 cm³/mol. The molecule has 0 bridgehead atoms. The zero-order chi connectivity index (χ0) is 15.7. The van der Waals surface area contributed by atoms with E-state index in [2.05, 4.69) is 14.9 Å². The Kier molecular flexibility index (Phi) is 3.45. The average molecular weight is 319 g/mol. The van der Waals surface area contributed by atoms with Gasteiger partial charge in [0.1, 0.15) is 0 Å². The smallest absolute Gasteiger partial charge is 0.330 e. The highest BCUT2D eigenvalue weighted by molar-refractivity contribution is 7.92. The molecule has 114 valence electrons. The first-order valence-electron chi connectivity index (χ1n) is 6.43. The van der Waals surface area contributed by atoms with Crippen molar-refractivity contribution in [2.75, 3.05) is 4.72 Å². The Labute approximate surface area is 127 Å². The van der Waals surface area contributed by atoms with Crippen LogP contribution in [0.4, 0.5) is 6.01 Å². The van der Waals surface area contributed by atoms with Gasteiger partial charge in [-0.2, -0.15) is 0 Å². The summed E-state index contributed by atoms with van der Waals surface area (Å²) in [6.45, 7) is 3.54. The molecule has 7 nitrogen and oxygen atoms in total. The molecule has 8 heteroatoms. The first kappa shape index (κ1) is 14.3. The summed E-state index contributed by atoms with van der Waals surface area (Å²) >= 11 is 0. The van der Waals surface area contributed by atoms with Gasteiger partial charge in [-0.15, -0.1) is 5.10 Å². The van der Waals surface area contributed by atoms with Crippen LogP contribution in [-0.4, -0.2) is 18.6 Å². The lowest BCUT2D eigenvalue weighted by Gasteiger charge is -2.08. The molecule has 3 rings (SSSR count). The molecular formula is C14H13N3O4S. The van der Waals surface area contributed by atoms with Gasteiger partial charge in [-0.3, -0.25) is 0 Å². The Morgan fingerprint density at radius 1 is 1.14 bits per heavy atom. The Hall–Kier alpha value is -2.61. The van der Waals surface area contributed by atoms with Crippen molar-refractivity contribution in [3.63, 3.8) is 0 Å². The molecule has 0 atom stereocenters. The van der Waals surface area contributed by atoms with Crippen LogP contribution in [0, 0.1) is 13.8 Å². The van der Waals surface area contributed by atoms with Gasteiger partial charge in [-0.05, 0) is 43.2 Å². The van der Waals surface area contributed by atoms with Crippen molar-refractivity contribution in [2.45, 2.75) is 18.7 Å². The molecule has 0 aliphatic carbocycles. The zero-order valence-electron chi connectivity index (χ0n) is 11.9. The van der Waals surface area contributed by atoms with Gasteiger partial charge in [0.15, 0.2) is 5.76 Å². The van der Waals surface area contributed by atoms with Crippen LogP contribution in [0.1, 0.15) is 11.1 Å². The molecule has 0 aliphatic rings. The molecule has 0 fully saturated rings. The number of aryl methyl sites for hydroxylation is 2. The fourth-order valence-electron chi connectivity index (χ4n) is 1.93. The average Bonchev–Trinajstić information content (AvgIpc) is 3.11. The lowest BCUT2D eigenvalue weighted by molar-refractivity contribution is 0.524. The molecule has 0 amide bonds. The summed E-state index contributed by atoms with van der Waals surface area (Å²) in [5.74, 6) is 0.466. The van der Waals surface area contributed by atoms with Crippen LogP contribution in [0.25, 0.3) is 11.7 Å². The topological polar surface area (TPSA) is 98.2 Å². The lowest BCUT2D eigenvalue weighted by Crippen LogP contribution is -2.14. The van der Waals surface area contributed by atoms with Gasteiger partial charge in [0.05, 0.1) is 11.2 Å². The van der Waals surface area contributed by atoms with E-state index in [-0.39, 0.29) is 16.8 Å². The number of nitrogens with zero attached hydrogens (tertiary/aromatic N) is 2. The van der Waals surface area contributed by atoms with E-state index < -0.39 is 10.0 Å². The Bertz CT molecular complexity index is 898. The summed E-state index contributed by atoms with van der Waals surface area (Å²) in [4.78, 5) is 0.172. The fourth-order valence-corrected chi connectivity index (χ4v) is 3.19. The Balaban J connectivity index is 1.90. The van der Waals surface area contributed by atoms with E-state index in [4.69, 9.17) is 8.83 Å². The molecule has 2 aromatic heterocycles. The van der Waals surface area contributed by atoms with Gasteiger partial charge in [0, 0.05) is 0 Å². The second-order valence-corrected chi connectivity index (χ2v) is 6.41. The van der Waals surface area contributed by atoms with E-state index in [1.165, 1.54) is 6.26 Å². The van der Waals surface area contributed by atoms with Crippen LogP contribution in [0.3, 0.4) is 0 Å². The van der Waals surface area contributed by atoms with Gasteiger partial charge in [0.25, 0.3) is 15.9 Å². The molecule has 0 saturated heterocycles. The summed E-state index contributed by atoms with van der Waals surface area (Å²) in [6, 6.07) is 8.26. The summed E-state index contributed by atoms with van der Waals surface area (Å²) in [7, 11) is -3.80. The molecule has 22 heavy (non-hydrogen) atoms. The first-order valence-corrected chi connectivity index (χ1v) is 7.91. The van der Waals surface area contributed by atoms with Crippen LogP contribution in [0.2, 0.25) is 0 Å². The van der Waals surface area contributed by atoms with Crippen molar-refractivity contribution >= 4 is 16.0 Å². The molecule has 0 radical (unpaired) electrons. The summed E-state index contributed by atoms with van der Waals surface area (Å²) < 4.78 is 37.4. The Morgan fingerprint density at radius 3 is 2.68 bits per heavy atom. The minimum absolute atomic E-state index is 0.101. The third kappa shape index (κ3) is 2.73. The lowest BCUT2D eigenvalue weighted by atomic mass is 10.2. The summed E-state index contributed by atoms with van der Waals surface area (Å²) in [6.07, 6.45) is 1.46. The number of rotatable bonds is 4. The molecule has 1 aromatic carbocycles. The maximum absolute atomic E-state index is 12.4. The number of hydrogen-bond donors (Lipinski definition) is 1. The van der Waals surface area contributed by atoms with Gasteiger partial charge in [-0.1, -0.05) is 17.2 Å². The molecule has 0 unspecified atom stereocenters. The summed E-state index contributed by atoms with van der Waals surface area (Å²) in [5, 5.41) is 7.41. The predicted octanol–water partition coefficient (Wildman–Crippen LogP) is 2.75. The van der Waals surface area contributed by atoms with Crippen molar-refractivity contribution in [3.8, 4) is 11.7 Å². The van der Waals surface area contributed by atoms with Crippen molar-refractivity contribution in [1.82, 2.24) is 10.2 Å². The normalized spacial score (nSPS) is 11.5. The van der Waals surface area contributed by atoms with Crippen LogP contribution in [0.5, 0.6) is 0 Å². The Morgan fingerprint density at radius 2 is 1.95 bits per heavy atom. The van der Waals surface area contributed by atoms with Crippen molar-refractivity contribution in [2.24, 2.45) is 0 Å². The zero-order valence-corrected chi connectivity index (χ0v) is 12.7. The molecule has 0 spiro atoms. The third-order valence-electron chi connectivity index (χ3n) is 3.01. The molecule has 2 heterocycles. The largest absolute Gasteiger partial charge is 0.459 e. The quantitative estimate of drug-likeness (QED) is 0.794. The standard InChI is InChI=1S/C14H13N3O4S/c1-9-5-6-10(2)12(8-9)22(18,19)17-14-16-15-13(21-14)11-4-3-7-20-11/h3-8H,1-2H3,(H,16,17). The number of benzene rings is 1. The second-order valence-electron chi connectivity index (χ2n) is 4.76. The van der Waals surface area contributed by atoms with Gasteiger partial charge < -0.3 is 8.83 Å². The highest BCUT2D eigenvalue weighted by Gasteiger charge is 2.21. The van der Waals surface area contributed by atoms with Crippen LogP contribution < -0.4 is 4.72 Å². The molecule has 0 aliphatic heterocycles. The number of aromatic nitrogens is 2. The van der Waals surface area contributed by atoms with E-state index >= 15 is 0 Å². The van der Waals surface area contributed by atoms with Crippen LogP contribution >= 0.6 is 0 Å². The van der Waals surface area contributed by atoms with Crippen molar-refractivity contribution in [3.05, 3.63) is 47.7 Å². The minimum atomic E-state index is -3.80. The molecule has 3 aromatic rings. The number of hydrogen-bond acceptors (Lipinski definition) is 6. The number of anilines is 1. The van der Waals surface area contributed by atoms with Crippen molar-refractivity contribution in [1.29, 1.82) is 0 Å². The van der Waals surface area contributed by atoms with Crippen LogP contribution in [-0.2, 0) is 10.0 Å². The summed E-state index contributed by atoms with van der Waals surface area (Å²) in [5.41, 5.74) is 1.47. The van der Waals surface area contributed by atoms with Crippen LogP contribution in [0.15, 0.2) is 50.3 Å². The number of sulfonamides is 1. The van der Waals surface area contributed by atoms with E-state index in [1.807, 2.05) is 13.0 Å². The SMILES string of the molecule is Cc1ccc(C)c(S(=O)(=O)Nc2nnc(-c3ccco3)o2)c1. The second kappa shape index (κ2) is 5.30. The highest BCUT2D eigenvalue weighted by Crippen LogP contribution is 2.23. The van der Waals surface area contributed by atoms with Crippen molar-refractivity contribution < 1.29 is 17.3 Å². The maximum Gasteiger partial charge on any atom is 0.330 e. The third-order valence-corrected chi connectivity index (χ3v) is 4.47. The minimum Gasteiger partial charge on any atom is -0.459 e. The monoisotopic (exact) mass is 319 g/mol. The van der Waals surface area contributed by atoms with E-state index in [9.17, 15) is 8.42 Å². The van der Waals surface area contributed by atoms with E-state index in [1.54, 1.807) is 31.2 Å². The number of nitrogens with one attached hydrogen (secondary N) is 1. The fraction of sp³-hybridized carbons (Fsp3) is 0.143. The van der Waals surface area contributed by atoms with Gasteiger partial charge in [-0.25, -0.2) is 13.1 Å². The van der Waals surface area contributed by atoms with Gasteiger partial charge >= 0.3 is 6.01 Å². The molecule has 0 saturated carbocycles. The van der Waals surface area contributed by atoms with E-state index in [0.29, 0.717) is 11.3 Å². The van der Waals surface area contributed by atoms with E-state index in [0.717, 1.165) is 5.56 Å². The van der Waals surface area contributed by atoms with Gasteiger partial charge in [0.2, 0.25) is 0 Å². The molecular weight excluding hydrogens is 306 g/mol. The number of furan rings is 1. The maximum atomic E-state index is 12.4. The molecule has 1 N–H and O–H groups in total.